The molecule has 0 spiro atoms. The van der Waals surface area contributed by atoms with E-state index in [1.807, 2.05) is 48.9 Å². The predicted molar refractivity (Wildman–Crippen MR) is 78.8 cm³/mol. The lowest BCUT2D eigenvalue weighted by molar-refractivity contribution is -0.120. The van der Waals surface area contributed by atoms with Crippen LogP contribution in [0.1, 0.15) is 17.0 Å². The van der Waals surface area contributed by atoms with Crippen molar-refractivity contribution in [2.75, 3.05) is 13.6 Å². The van der Waals surface area contributed by atoms with Gasteiger partial charge < -0.3 is 10.6 Å². The maximum atomic E-state index is 11.5. The van der Waals surface area contributed by atoms with Crippen LogP contribution in [0.15, 0.2) is 30.3 Å². The van der Waals surface area contributed by atoms with Gasteiger partial charge in [0.15, 0.2) is 0 Å². The number of amides is 1. The van der Waals surface area contributed by atoms with E-state index in [-0.39, 0.29) is 5.91 Å². The first-order valence-electron chi connectivity index (χ1n) is 6.64. The van der Waals surface area contributed by atoms with E-state index >= 15 is 0 Å². The summed E-state index contributed by atoms with van der Waals surface area (Å²) < 4.78 is 1.91. The van der Waals surface area contributed by atoms with Crippen LogP contribution in [0.5, 0.6) is 0 Å². The van der Waals surface area contributed by atoms with Crippen molar-refractivity contribution in [3.63, 3.8) is 0 Å². The van der Waals surface area contributed by atoms with Gasteiger partial charge in [0, 0.05) is 12.2 Å². The van der Waals surface area contributed by atoms with Crippen molar-refractivity contribution in [3.05, 3.63) is 47.3 Å². The van der Waals surface area contributed by atoms with Crippen molar-refractivity contribution in [2.24, 2.45) is 0 Å². The smallest absolute Gasteiger partial charge is 0.234 e. The van der Waals surface area contributed by atoms with E-state index in [9.17, 15) is 4.79 Å². The molecular formula is C15H20N4O. The lowest BCUT2D eigenvalue weighted by Crippen LogP contribution is -2.31. The standard InChI is InChI=1S/C15H20N4O/c1-11-8-12(2)19(18-11)14-7-5-4-6-13(14)9-17-15(20)10-16-3/h4-8,16H,9-10H2,1-3H3,(H,17,20). The maximum Gasteiger partial charge on any atom is 0.234 e. The Morgan fingerprint density at radius 2 is 2.05 bits per heavy atom. The van der Waals surface area contributed by atoms with Gasteiger partial charge >= 0.3 is 0 Å². The zero-order valence-corrected chi connectivity index (χ0v) is 12.1. The maximum absolute atomic E-state index is 11.5. The molecule has 1 aromatic carbocycles. The van der Waals surface area contributed by atoms with Crippen LogP contribution in [0.4, 0.5) is 0 Å². The normalized spacial score (nSPS) is 10.6. The minimum absolute atomic E-state index is 0.0179. The molecule has 0 radical (unpaired) electrons. The Labute approximate surface area is 119 Å². The van der Waals surface area contributed by atoms with Gasteiger partial charge in [0.05, 0.1) is 17.9 Å². The summed E-state index contributed by atoms with van der Waals surface area (Å²) in [4.78, 5) is 11.5. The molecule has 1 heterocycles. The monoisotopic (exact) mass is 272 g/mol. The number of aromatic nitrogens is 2. The molecule has 0 saturated carbocycles. The van der Waals surface area contributed by atoms with Gasteiger partial charge in [-0.3, -0.25) is 4.79 Å². The third-order valence-electron chi connectivity index (χ3n) is 3.04. The molecule has 0 unspecified atom stereocenters. The molecule has 0 aliphatic heterocycles. The van der Waals surface area contributed by atoms with Gasteiger partial charge in [0.2, 0.25) is 5.91 Å². The van der Waals surface area contributed by atoms with Crippen LogP contribution in [0.3, 0.4) is 0 Å². The summed E-state index contributed by atoms with van der Waals surface area (Å²) in [6.07, 6.45) is 0. The summed E-state index contributed by atoms with van der Waals surface area (Å²) in [5.41, 5.74) is 4.11. The molecule has 0 fully saturated rings. The molecule has 0 aliphatic carbocycles. The number of hydrogen-bond donors (Lipinski definition) is 2. The second-order valence-corrected chi connectivity index (χ2v) is 4.77. The molecule has 0 saturated heterocycles. The first-order valence-corrected chi connectivity index (χ1v) is 6.64. The highest BCUT2D eigenvalue weighted by molar-refractivity contribution is 5.78. The topological polar surface area (TPSA) is 59.0 Å². The van der Waals surface area contributed by atoms with Gasteiger partial charge in [-0.05, 0) is 38.6 Å². The van der Waals surface area contributed by atoms with E-state index in [2.05, 4.69) is 15.7 Å². The van der Waals surface area contributed by atoms with Gasteiger partial charge in [-0.2, -0.15) is 5.10 Å². The van der Waals surface area contributed by atoms with Gasteiger partial charge in [0.1, 0.15) is 0 Å². The van der Waals surface area contributed by atoms with Crippen LogP contribution < -0.4 is 10.6 Å². The summed E-state index contributed by atoms with van der Waals surface area (Å²) >= 11 is 0. The van der Waals surface area contributed by atoms with E-state index in [0.29, 0.717) is 13.1 Å². The Balaban J connectivity index is 2.22. The highest BCUT2D eigenvalue weighted by Gasteiger charge is 2.09. The second kappa shape index (κ2) is 6.34. The van der Waals surface area contributed by atoms with Crippen molar-refractivity contribution in [3.8, 4) is 5.69 Å². The Kier molecular flexibility index (Phi) is 4.53. The molecule has 1 amide bonds. The second-order valence-electron chi connectivity index (χ2n) is 4.77. The molecule has 2 rings (SSSR count). The van der Waals surface area contributed by atoms with E-state index in [1.165, 1.54) is 0 Å². The highest BCUT2D eigenvalue weighted by Crippen LogP contribution is 2.16. The van der Waals surface area contributed by atoms with Crippen LogP contribution in [-0.4, -0.2) is 29.3 Å². The van der Waals surface area contributed by atoms with Crippen molar-refractivity contribution in [2.45, 2.75) is 20.4 Å². The predicted octanol–water partition coefficient (Wildman–Crippen LogP) is 1.32. The number of nitrogens with zero attached hydrogens (tertiary/aromatic N) is 2. The van der Waals surface area contributed by atoms with E-state index in [1.54, 1.807) is 7.05 Å². The Morgan fingerprint density at radius 3 is 2.70 bits per heavy atom. The SMILES string of the molecule is CNCC(=O)NCc1ccccc1-n1nc(C)cc1C. The Bertz CT molecular complexity index is 604. The molecule has 106 valence electrons. The van der Waals surface area contributed by atoms with Crippen LogP contribution in [0, 0.1) is 13.8 Å². The molecule has 5 nitrogen and oxygen atoms in total. The average Bonchev–Trinajstić information content (AvgIpc) is 2.76. The number of carbonyl (C=O) groups excluding carboxylic acids is 1. The van der Waals surface area contributed by atoms with Crippen LogP contribution in [0.2, 0.25) is 0 Å². The first kappa shape index (κ1) is 14.3. The number of hydrogen-bond acceptors (Lipinski definition) is 3. The molecule has 20 heavy (non-hydrogen) atoms. The molecule has 2 N–H and O–H groups in total. The lowest BCUT2D eigenvalue weighted by Gasteiger charge is -2.12. The number of rotatable bonds is 5. The van der Waals surface area contributed by atoms with Crippen LogP contribution in [-0.2, 0) is 11.3 Å². The summed E-state index contributed by atoms with van der Waals surface area (Å²) in [5, 5.41) is 10.2. The van der Waals surface area contributed by atoms with E-state index < -0.39 is 0 Å². The molecule has 0 atom stereocenters. The highest BCUT2D eigenvalue weighted by atomic mass is 16.1. The van der Waals surface area contributed by atoms with Crippen LogP contribution in [0.25, 0.3) is 5.69 Å². The average molecular weight is 272 g/mol. The number of para-hydroxylation sites is 1. The largest absolute Gasteiger partial charge is 0.351 e. The third-order valence-corrected chi connectivity index (χ3v) is 3.04. The fourth-order valence-corrected chi connectivity index (χ4v) is 2.16. The van der Waals surface area contributed by atoms with Gasteiger partial charge in [-0.25, -0.2) is 4.68 Å². The molecule has 0 aliphatic rings. The van der Waals surface area contributed by atoms with Gasteiger partial charge in [-0.1, -0.05) is 18.2 Å². The van der Waals surface area contributed by atoms with Crippen molar-refractivity contribution in [1.29, 1.82) is 0 Å². The zero-order chi connectivity index (χ0) is 14.5. The minimum atomic E-state index is -0.0179. The van der Waals surface area contributed by atoms with E-state index in [0.717, 1.165) is 22.6 Å². The van der Waals surface area contributed by atoms with Gasteiger partial charge in [0.25, 0.3) is 0 Å². The first-order chi connectivity index (χ1) is 9.61. The van der Waals surface area contributed by atoms with Crippen molar-refractivity contribution in [1.82, 2.24) is 20.4 Å². The summed E-state index contributed by atoms with van der Waals surface area (Å²) in [7, 11) is 1.75. The molecule has 1 aromatic heterocycles. The number of likely N-dealkylation sites (N-methyl/N-ethyl adjacent to an activating group) is 1. The molecule has 2 aromatic rings. The number of aryl methyl sites for hydroxylation is 2. The fourth-order valence-electron chi connectivity index (χ4n) is 2.16. The number of carbonyl (C=O) groups is 1. The fraction of sp³-hybridized carbons (Fsp3) is 0.333. The summed E-state index contributed by atoms with van der Waals surface area (Å²) in [6.45, 7) is 4.81. The lowest BCUT2D eigenvalue weighted by atomic mass is 10.1. The van der Waals surface area contributed by atoms with Crippen LogP contribution >= 0.6 is 0 Å². The quantitative estimate of drug-likeness (QED) is 0.863. The Morgan fingerprint density at radius 1 is 1.30 bits per heavy atom. The van der Waals surface area contributed by atoms with Crippen molar-refractivity contribution < 1.29 is 4.79 Å². The summed E-state index contributed by atoms with van der Waals surface area (Å²) in [5.74, 6) is -0.0179. The number of nitrogens with one attached hydrogen (secondary N) is 2. The van der Waals surface area contributed by atoms with E-state index in [4.69, 9.17) is 0 Å². The molecule has 0 bridgehead atoms. The van der Waals surface area contributed by atoms with Gasteiger partial charge in [-0.15, -0.1) is 0 Å². The van der Waals surface area contributed by atoms with Crippen molar-refractivity contribution >= 4 is 5.91 Å². The number of benzene rings is 1. The molecular weight excluding hydrogens is 252 g/mol. The third kappa shape index (κ3) is 3.24. The zero-order valence-electron chi connectivity index (χ0n) is 12.1. The Hall–Kier alpha value is -2.14. The molecule has 5 heteroatoms. The summed E-state index contributed by atoms with van der Waals surface area (Å²) in [6, 6.07) is 10.0. The minimum Gasteiger partial charge on any atom is -0.351 e.